The van der Waals surface area contributed by atoms with Gasteiger partial charge in [0.25, 0.3) is 5.91 Å². The Labute approximate surface area is 177 Å². The molecular weight excluding hydrogens is 433 g/mol. The van der Waals surface area contributed by atoms with Crippen molar-refractivity contribution in [3.8, 4) is 5.69 Å². The van der Waals surface area contributed by atoms with Gasteiger partial charge in [0.2, 0.25) is 0 Å². The van der Waals surface area contributed by atoms with Crippen LogP contribution in [0.5, 0.6) is 0 Å². The number of ketones is 1. The van der Waals surface area contributed by atoms with Crippen LogP contribution in [0.3, 0.4) is 0 Å². The molecule has 0 aliphatic carbocycles. The maximum atomic E-state index is 14.5. The van der Waals surface area contributed by atoms with Crippen LogP contribution in [-0.2, 0) is 6.54 Å². The second-order valence-corrected chi connectivity index (χ2v) is 8.05. The quantitative estimate of drug-likeness (QED) is 0.474. The highest BCUT2D eigenvalue weighted by molar-refractivity contribution is 7.18. The first-order valence-electron chi connectivity index (χ1n) is 8.61. The molecule has 8 nitrogen and oxygen atoms in total. The first kappa shape index (κ1) is 19.9. The standard InChI is InChI=1S/C19H13ClFN5O3S/c1-9-23-15(17(22)28)16-18(24-9)26(11-5-3-2-4-10(11)21)19(29)25(16)8-12(27)13-6-7-14(20)30-13/h2-7H,8H2,1H3,(H2,22,28). The molecule has 0 saturated heterocycles. The van der Waals surface area contributed by atoms with Gasteiger partial charge in [0.15, 0.2) is 17.1 Å². The first-order chi connectivity index (χ1) is 14.3. The summed E-state index contributed by atoms with van der Waals surface area (Å²) < 4.78 is 16.9. The number of primary amides is 1. The Hall–Kier alpha value is -3.37. The summed E-state index contributed by atoms with van der Waals surface area (Å²) >= 11 is 6.95. The molecule has 1 aromatic carbocycles. The van der Waals surface area contributed by atoms with Crippen molar-refractivity contribution in [2.45, 2.75) is 13.5 Å². The van der Waals surface area contributed by atoms with E-state index >= 15 is 0 Å². The van der Waals surface area contributed by atoms with Crippen molar-refractivity contribution in [2.24, 2.45) is 5.73 Å². The summed E-state index contributed by atoms with van der Waals surface area (Å²) in [6, 6.07) is 8.70. The summed E-state index contributed by atoms with van der Waals surface area (Å²) in [5, 5.41) is 0. The summed E-state index contributed by atoms with van der Waals surface area (Å²) in [5.41, 5.74) is 4.33. The summed E-state index contributed by atoms with van der Waals surface area (Å²) in [4.78, 5) is 46.6. The molecule has 0 saturated carbocycles. The molecule has 4 aromatic rings. The number of para-hydroxylation sites is 1. The van der Waals surface area contributed by atoms with Gasteiger partial charge in [-0.1, -0.05) is 23.7 Å². The molecule has 0 aliphatic heterocycles. The number of aryl methyl sites for hydroxylation is 1. The summed E-state index contributed by atoms with van der Waals surface area (Å²) in [5.74, 6) is -1.84. The molecule has 3 heterocycles. The number of carbonyl (C=O) groups excluding carboxylic acids is 2. The molecule has 2 N–H and O–H groups in total. The van der Waals surface area contributed by atoms with Crippen LogP contribution < -0.4 is 11.4 Å². The molecule has 30 heavy (non-hydrogen) atoms. The summed E-state index contributed by atoms with van der Waals surface area (Å²) in [7, 11) is 0. The maximum Gasteiger partial charge on any atom is 0.335 e. The van der Waals surface area contributed by atoms with Crippen molar-refractivity contribution in [3.05, 3.63) is 73.4 Å². The third-order valence-corrected chi connectivity index (χ3v) is 5.63. The number of hydrogen-bond donors (Lipinski definition) is 1. The third-order valence-electron chi connectivity index (χ3n) is 4.36. The number of benzene rings is 1. The van der Waals surface area contributed by atoms with Crippen LogP contribution in [0, 0.1) is 12.7 Å². The molecule has 3 aromatic heterocycles. The van der Waals surface area contributed by atoms with Gasteiger partial charge in [-0.25, -0.2) is 23.7 Å². The lowest BCUT2D eigenvalue weighted by Gasteiger charge is -2.05. The van der Waals surface area contributed by atoms with E-state index < -0.39 is 29.7 Å². The van der Waals surface area contributed by atoms with E-state index in [1.54, 1.807) is 12.1 Å². The Morgan fingerprint density at radius 1 is 1.20 bits per heavy atom. The van der Waals surface area contributed by atoms with Crippen LogP contribution in [0.15, 0.2) is 41.2 Å². The van der Waals surface area contributed by atoms with Crippen LogP contribution in [0.2, 0.25) is 4.34 Å². The Balaban J connectivity index is 2.03. The second-order valence-electron chi connectivity index (χ2n) is 6.34. The number of aromatic nitrogens is 4. The number of amides is 1. The number of hydrogen-bond acceptors (Lipinski definition) is 6. The molecule has 0 unspecified atom stereocenters. The van der Waals surface area contributed by atoms with Gasteiger partial charge < -0.3 is 5.73 Å². The van der Waals surface area contributed by atoms with Crippen LogP contribution in [0.1, 0.15) is 26.0 Å². The lowest BCUT2D eigenvalue weighted by molar-refractivity contribution is 0.0969. The van der Waals surface area contributed by atoms with Crippen molar-refractivity contribution in [1.82, 2.24) is 19.1 Å². The van der Waals surface area contributed by atoms with Crippen molar-refractivity contribution in [1.29, 1.82) is 0 Å². The average Bonchev–Trinajstić information content (AvgIpc) is 3.24. The molecule has 0 spiro atoms. The largest absolute Gasteiger partial charge is 0.364 e. The zero-order valence-corrected chi connectivity index (χ0v) is 17.0. The van der Waals surface area contributed by atoms with Gasteiger partial charge in [-0.15, -0.1) is 11.3 Å². The van der Waals surface area contributed by atoms with Crippen LogP contribution in [0.4, 0.5) is 4.39 Å². The van der Waals surface area contributed by atoms with E-state index in [-0.39, 0.29) is 28.4 Å². The monoisotopic (exact) mass is 445 g/mol. The van der Waals surface area contributed by atoms with Gasteiger partial charge in [0.1, 0.15) is 17.2 Å². The minimum atomic E-state index is -0.906. The van der Waals surface area contributed by atoms with Crippen molar-refractivity contribution >= 4 is 45.8 Å². The zero-order chi connectivity index (χ0) is 21.6. The number of carbonyl (C=O) groups is 2. The summed E-state index contributed by atoms with van der Waals surface area (Å²) in [6.45, 7) is 1.08. The lowest BCUT2D eigenvalue weighted by atomic mass is 10.3. The van der Waals surface area contributed by atoms with Gasteiger partial charge in [-0.05, 0) is 31.2 Å². The van der Waals surface area contributed by atoms with Gasteiger partial charge in [0, 0.05) is 0 Å². The number of thiophene rings is 1. The molecule has 11 heteroatoms. The highest BCUT2D eigenvalue weighted by Gasteiger charge is 2.26. The fraction of sp³-hybridized carbons (Fsp3) is 0.105. The number of Topliss-reactive ketones (excluding diaryl/α,β-unsaturated/α-hetero) is 1. The Morgan fingerprint density at radius 3 is 2.57 bits per heavy atom. The topological polar surface area (TPSA) is 113 Å². The van der Waals surface area contributed by atoms with E-state index in [4.69, 9.17) is 17.3 Å². The van der Waals surface area contributed by atoms with Crippen LogP contribution in [-0.4, -0.2) is 30.8 Å². The molecular formula is C19H13ClFN5O3S. The van der Waals surface area contributed by atoms with Crippen LogP contribution in [0.25, 0.3) is 16.9 Å². The van der Waals surface area contributed by atoms with Crippen LogP contribution >= 0.6 is 22.9 Å². The first-order valence-corrected chi connectivity index (χ1v) is 9.80. The van der Waals surface area contributed by atoms with E-state index in [0.29, 0.717) is 9.21 Å². The second kappa shape index (κ2) is 7.47. The molecule has 0 aliphatic rings. The number of fused-ring (bicyclic) bond motifs is 1. The van der Waals surface area contributed by atoms with Crippen molar-refractivity contribution < 1.29 is 14.0 Å². The fourth-order valence-corrected chi connectivity index (χ4v) is 4.09. The SMILES string of the molecule is Cc1nc(C(N)=O)c2c(n1)n(-c1ccccc1F)c(=O)n2CC(=O)c1ccc(Cl)s1. The highest BCUT2D eigenvalue weighted by Crippen LogP contribution is 2.24. The summed E-state index contributed by atoms with van der Waals surface area (Å²) in [6.07, 6.45) is 0. The van der Waals surface area contributed by atoms with Crippen molar-refractivity contribution in [3.63, 3.8) is 0 Å². The predicted octanol–water partition coefficient (Wildman–Crippen LogP) is 2.73. The lowest BCUT2D eigenvalue weighted by Crippen LogP contribution is -2.27. The Kier molecular flexibility index (Phi) is 4.96. The van der Waals surface area contributed by atoms with E-state index in [2.05, 4.69) is 9.97 Å². The number of nitrogens with zero attached hydrogens (tertiary/aromatic N) is 4. The van der Waals surface area contributed by atoms with Crippen molar-refractivity contribution in [2.75, 3.05) is 0 Å². The molecule has 0 bridgehead atoms. The number of rotatable bonds is 5. The zero-order valence-electron chi connectivity index (χ0n) is 15.4. The number of imidazole rings is 1. The molecule has 152 valence electrons. The molecule has 1 amide bonds. The molecule has 4 rings (SSSR count). The maximum absolute atomic E-state index is 14.5. The Morgan fingerprint density at radius 2 is 1.93 bits per heavy atom. The smallest absolute Gasteiger partial charge is 0.335 e. The van der Waals surface area contributed by atoms with Gasteiger partial charge in [0.05, 0.1) is 21.4 Å². The van der Waals surface area contributed by atoms with E-state index in [1.165, 1.54) is 31.2 Å². The van der Waals surface area contributed by atoms with Gasteiger partial charge in [-0.2, -0.15) is 0 Å². The van der Waals surface area contributed by atoms with E-state index in [0.717, 1.165) is 20.5 Å². The normalized spacial score (nSPS) is 11.2. The third kappa shape index (κ3) is 3.29. The fourth-order valence-electron chi connectivity index (χ4n) is 3.12. The molecule has 0 fully saturated rings. The number of halogens is 2. The molecule has 0 radical (unpaired) electrons. The van der Waals surface area contributed by atoms with E-state index in [9.17, 15) is 18.8 Å². The Bertz CT molecular complexity index is 1390. The predicted molar refractivity (Wildman–Crippen MR) is 110 cm³/mol. The van der Waals surface area contributed by atoms with E-state index in [1.807, 2.05) is 0 Å². The van der Waals surface area contributed by atoms with Gasteiger partial charge in [-0.3, -0.25) is 14.2 Å². The highest BCUT2D eigenvalue weighted by atomic mass is 35.5. The minimum absolute atomic E-state index is 0.0246. The minimum Gasteiger partial charge on any atom is -0.364 e. The molecule has 0 atom stereocenters. The average molecular weight is 446 g/mol. The van der Waals surface area contributed by atoms with Gasteiger partial charge >= 0.3 is 5.69 Å². The number of nitrogens with two attached hydrogens (primary N) is 1.